The number of fused-ring (bicyclic) bond motifs is 2. The third-order valence-electron chi connectivity index (χ3n) is 8.01. The van der Waals surface area contributed by atoms with Gasteiger partial charge in [0, 0.05) is 73.6 Å². The summed E-state index contributed by atoms with van der Waals surface area (Å²) < 4.78 is 24.2. The molecule has 4 aromatic heterocycles. The Kier molecular flexibility index (Phi) is 5.69. The van der Waals surface area contributed by atoms with Crippen LogP contribution in [0.15, 0.2) is 67.1 Å². The summed E-state index contributed by atoms with van der Waals surface area (Å²) in [6.45, 7) is 5.03. The molecule has 1 aliphatic heterocycles. The molecule has 1 saturated heterocycles. The van der Waals surface area contributed by atoms with E-state index in [2.05, 4.69) is 15.1 Å². The molecule has 3 atom stereocenters. The van der Waals surface area contributed by atoms with Crippen LogP contribution in [0.2, 0.25) is 0 Å². The predicted molar refractivity (Wildman–Crippen MR) is 150 cm³/mol. The Labute approximate surface area is 235 Å². The van der Waals surface area contributed by atoms with Gasteiger partial charge in [-0.2, -0.15) is 10.1 Å². The van der Waals surface area contributed by atoms with Crippen molar-refractivity contribution in [2.75, 3.05) is 13.1 Å². The van der Waals surface area contributed by atoms with Gasteiger partial charge in [0.25, 0.3) is 5.91 Å². The van der Waals surface area contributed by atoms with Crippen LogP contribution in [0.1, 0.15) is 29.9 Å². The van der Waals surface area contributed by atoms with Crippen LogP contribution in [0, 0.1) is 17.7 Å². The second-order valence-electron chi connectivity index (χ2n) is 11.4. The van der Waals surface area contributed by atoms with Crippen molar-refractivity contribution in [3.05, 3.63) is 84.2 Å². The molecule has 2 fully saturated rings. The number of carbonyl (C=O) groups excluding carboxylic acids is 1. The Morgan fingerprint density at radius 1 is 1.07 bits per heavy atom. The Morgan fingerprint density at radius 2 is 1.83 bits per heavy atom. The number of benzene rings is 1. The number of aryl methyl sites for hydroxylation is 1. The van der Waals surface area contributed by atoms with Gasteiger partial charge in [-0.15, -0.1) is 0 Å². The molecule has 0 radical (unpaired) electrons. The van der Waals surface area contributed by atoms with E-state index in [9.17, 15) is 9.18 Å². The van der Waals surface area contributed by atoms with Crippen molar-refractivity contribution in [2.24, 2.45) is 24.6 Å². The normalized spacial score (nSPS) is 19.9. The minimum atomic E-state index is -0.639. The summed E-state index contributed by atoms with van der Waals surface area (Å²) in [7, 11) is 1.75. The molecule has 7 rings (SSSR count). The highest BCUT2D eigenvalue weighted by Gasteiger charge is 2.59. The van der Waals surface area contributed by atoms with Gasteiger partial charge in [-0.3, -0.25) is 9.48 Å². The van der Waals surface area contributed by atoms with E-state index in [0.717, 1.165) is 5.56 Å². The minimum absolute atomic E-state index is 0.0470. The van der Waals surface area contributed by atoms with Gasteiger partial charge in [0.1, 0.15) is 29.1 Å². The smallest absolute Gasteiger partial charge is 0.272 e. The molecule has 1 saturated carbocycles. The van der Waals surface area contributed by atoms with Gasteiger partial charge >= 0.3 is 0 Å². The number of rotatable bonds is 6. The van der Waals surface area contributed by atoms with Crippen molar-refractivity contribution in [1.82, 2.24) is 34.2 Å². The summed E-state index contributed by atoms with van der Waals surface area (Å²) in [6, 6.07) is 14.0. The van der Waals surface area contributed by atoms with Crippen LogP contribution in [0.5, 0.6) is 5.88 Å². The summed E-state index contributed by atoms with van der Waals surface area (Å²) >= 11 is 0. The van der Waals surface area contributed by atoms with E-state index < -0.39 is 5.54 Å². The largest absolute Gasteiger partial charge is 0.474 e. The number of pyridine rings is 1. The fourth-order valence-corrected chi connectivity index (χ4v) is 5.70. The number of nitrogens with two attached hydrogens (primary N) is 1. The molecule has 0 unspecified atom stereocenters. The van der Waals surface area contributed by atoms with E-state index in [1.165, 1.54) is 6.07 Å². The Bertz CT molecular complexity index is 1780. The molecule has 2 N–H and O–H groups in total. The summed E-state index contributed by atoms with van der Waals surface area (Å²) in [6.07, 6.45) is 5.05. The number of hydrogen-bond donors (Lipinski definition) is 1. The van der Waals surface area contributed by atoms with Crippen molar-refractivity contribution in [1.29, 1.82) is 0 Å². The number of amides is 1. The maximum Gasteiger partial charge on any atom is 0.272 e. The Morgan fingerprint density at radius 3 is 2.56 bits per heavy atom. The van der Waals surface area contributed by atoms with Crippen molar-refractivity contribution >= 4 is 16.8 Å². The molecule has 41 heavy (non-hydrogen) atoms. The molecule has 2 aliphatic rings. The Hall–Kier alpha value is -4.64. The van der Waals surface area contributed by atoms with Gasteiger partial charge in [0.15, 0.2) is 5.82 Å². The first-order valence-corrected chi connectivity index (χ1v) is 13.5. The first kappa shape index (κ1) is 25.3. The van der Waals surface area contributed by atoms with E-state index in [4.69, 9.17) is 15.5 Å². The Balaban J connectivity index is 1.09. The van der Waals surface area contributed by atoms with Crippen LogP contribution in [-0.4, -0.2) is 59.3 Å². The molecule has 5 heterocycles. The first-order valence-electron chi connectivity index (χ1n) is 13.5. The molecule has 0 bridgehead atoms. The summed E-state index contributed by atoms with van der Waals surface area (Å²) in [4.78, 5) is 28.4. The standard InChI is InChI=1S/C30H29FN8O2/c1-30(2,32)17-12-25(39-11-8-18-21(31)6-4-7-23(18)39)35-26(13-17)41-27-19-15-38(16-20(19)27)29(40)24-14-22(36-37(24)3)28-33-9-5-10-34-28/h4-14,19-20,27H,15-16,32H2,1-3H3/t19-,20+,27-. The lowest BCUT2D eigenvalue weighted by Crippen LogP contribution is -2.34. The monoisotopic (exact) mass is 552 g/mol. The zero-order chi connectivity index (χ0) is 28.5. The number of likely N-dealkylation sites (tertiary alicyclic amines) is 1. The van der Waals surface area contributed by atoms with E-state index in [-0.39, 0.29) is 29.7 Å². The predicted octanol–water partition coefficient (Wildman–Crippen LogP) is 3.70. The van der Waals surface area contributed by atoms with Gasteiger partial charge in [-0.1, -0.05) is 6.07 Å². The van der Waals surface area contributed by atoms with Gasteiger partial charge in [0.05, 0.1) is 5.52 Å². The molecule has 10 nitrogen and oxygen atoms in total. The highest BCUT2D eigenvalue weighted by atomic mass is 19.1. The average Bonchev–Trinajstić information content (AvgIpc) is 3.40. The van der Waals surface area contributed by atoms with Crippen LogP contribution in [-0.2, 0) is 12.6 Å². The van der Waals surface area contributed by atoms with E-state index in [1.54, 1.807) is 54.6 Å². The molecule has 0 spiro atoms. The van der Waals surface area contributed by atoms with Gasteiger partial charge in [-0.25, -0.2) is 14.4 Å². The highest BCUT2D eigenvalue weighted by Crippen LogP contribution is 2.48. The molecule has 11 heteroatoms. The van der Waals surface area contributed by atoms with Gasteiger partial charge in [0.2, 0.25) is 5.88 Å². The summed E-state index contributed by atoms with van der Waals surface area (Å²) in [5.74, 6) is 1.61. The number of piperidine rings is 1. The van der Waals surface area contributed by atoms with Crippen molar-refractivity contribution < 1.29 is 13.9 Å². The fourth-order valence-electron chi connectivity index (χ4n) is 5.70. The second-order valence-corrected chi connectivity index (χ2v) is 11.4. The zero-order valence-electron chi connectivity index (χ0n) is 22.9. The van der Waals surface area contributed by atoms with Crippen molar-refractivity contribution in [2.45, 2.75) is 25.5 Å². The maximum atomic E-state index is 14.4. The lowest BCUT2D eigenvalue weighted by Gasteiger charge is -2.22. The maximum absolute atomic E-state index is 14.4. The number of hydrogen-bond acceptors (Lipinski definition) is 7. The molecule has 1 aliphatic carbocycles. The first-order chi connectivity index (χ1) is 19.7. The minimum Gasteiger partial charge on any atom is -0.474 e. The van der Waals surface area contributed by atoms with Crippen LogP contribution >= 0.6 is 0 Å². The highest BCUT2D eigenvalue weighted by molar-refractivity contribution is 5.94. The molecule has 1 amide bonds. The third-order valence-corrected chi connectivity index (χ3v) is 8.01. The molecule has 1 aromatic carbocycles. The molecular formula is C30H29FN8O2. The topological polar surface area (TPSA) is 117 Å². The van der Waals surface area contributed by atoms with E-state index in [1.807, 2.05) is 41.5 Å². The lowest BCUT2D eigenvalue weighted by molar-refractivity contribution is 0.0740. The van der Waals surface area contributed by atoms with Crippen molar-refractivity contribution in [3.63, 3.8) is 0 Å². The van der Waals surface area contributed by atoms with Crippen LogP contribution in [0.25, 0.3) is 28.2 Å². The fraction of sp³-hybridized carbons (Fsp3) is 0.300. The van der Waals surface area contributed by atoms with Gasteiger partial charge in [-0.05, 0) is 49.7 Å². The van der Waals surface area contributed by atoms with Crippen LogP contribution in [0.3, 0.4) is 0 Å². The van der Waals surface area contributed by atoms with Crippen LogP contribution < -0.4 is 10.5 Å². The number of ether oxygens (including phenoxy) is 1. The molecule has 208 valence electrons. The number of nitrogens with zero attached hydrogens (tertiary/aromatic N) is 7. The van der Waals surface area contributed by atoms with Crippen LogP contribution in [0.4, 0.5) is 4.39 Å². The van der Waals surface area contributed by atoms with E-state index >= 15 is 0 Å². The summed E-state index contributed by atoms with van der Waals surface area (Å²) in [5.41, 5.74) is 8.45. The second kappa shape index (κ2) is 9.20. The average molecular weight is 553 g/mol. The lowest BCUT2D eigenvalue weighted by atomic mass is 9.96. The van der Waals surface area contributed by atoms with Gasteiger partial charge < -0.3 is 19.9 Å². The molecule has 5 aromatic rings. The van der Waals surface area contributed by atoms with E-state index in [0.29, 0.717) is 52.9 Å². The number of carbonyl (C=O) groups is 1. The third kappa shape index (κ3) is 4.42. The zero-order valence-corrected chi connectivity index (χ0v) is 22.9. The van der Waals surface area contributed by atoms with Crippen molar-refractivity contribution in [3.8, 4) is 23.2 Å². The summed E-state index contributed by atoms with van der Waals surface area (Å²) in [5, 5.41) is 4.95. The number of aromatic nitrogens is 6. The SMILES string of the molecule is Cn1nc(-c2ncccn2)cc1C(=O)N1C[C@@H]2[C@H](C1)[C@@H]2Oc1cc(C(C)(C)N)cc(-n2ccc3c(F)cccc32)n1. The number of halogens is 1. The molecular weight excluding hydrogens is 523 g/mol. The quantitative estimate of drug-likeness (QED) is 0.341.